The van der Waals surface area contributed by atoms with Crippen molar-refractivity contribution < 1.29 is 4.42 Å². The van der Waals surface area contributed by atoms with Crippen LogP contribution in [0.5, 0.6) is 0 Å². The number of nitrogens with zero attached hydrogens (tertiary/aromatic N) is 2. The van der Waals surface area contributed by atoms with Crippen molar-refractivity contribution in [1.82, 2.24) is 4.57 Å². The highest BCUT2D eigenvalue weighted by atomic mass is 16.3. The molecule has 0 radical (unpaired) electrons. The van der Waals surface area contributed by atoms with E-state index in [4.69, 9.17) is 4.42 Å². The van der Waals surface area contributed by atoms with Gasteiger partial charge in [0.15, 0.2) is 0 Å². The molecular formula is C60H40N2O. The molecule has 12 aromatic rings. The standard InChI is InChI=1S/C60H40N2O/c1-2-14-41(15-3-1)45-16-12-18-49(38-45)61(48-35-32-43(33-36-48)46-17-13-19-50(39-46)62-57-25-9-5-21-52(57)53-22-6-10-26-58(53)62)56-24-8-4-20-51(56)44-30-28-42(29-31-44)47-34-37-55-54-23-7-11-27-59(54)63-60(55)40-47/h1-40H. The van der Waals surface area contributed by atoms with Crippen LogP contribution in [0, 0.1) is 0 Å². The van der Waals surface area contributed by atoms with Crippen molar-refractivity contribution in [2.75, 3.05) is 4.90 Å². The molecule has 296 valence electrons. The van der Waals surface area contributed by atoms with Crippen molar-refractivity contribution in [3.8, 4) is 50.2 Å². The van der Waals surface area contributed by atoms with Gasteiger partial charge in [0.25, 0.3) is 0 Å². The van der Waals surface area contributed by atoms with Gasteiger partial charge in [-0.1, -0.05) is 170 Å². The van der Waals surface area contributed by atoms with Crippen LogP contribution in [0.3, 0.4) is 0 Å². The fraction of sp³-hybridized carbons (Fsp3) is 0. The number of para-hydroxylation sites is 4. The zero-order valence-electron chi connectivity index (χ0n) is 34.4. The molecule has 0 N–H and O–H groups in total. The Kier molecular flexibility index (Phi) is 8.83. The molecule has 12 rings (SSSR count). The van der Waals surface area contributed by atoms with Gasteiger partial charge in [-0.25, -0.2) is 0 Å². The van der Waals surface area contributed by atoms with Crippen molar-refractivity contribution >= 4 is 60.8 Å². The van der Waals surface area contributed by atoms with Crippen LogP contribution in [0.1, 0.15) is 0 Å². The summed E-state index contributed by atoms with van der Waals surface area (Å²) >= 11 is 0. The van der Waals surface area contributed by atoms with E-state index in [1.807, 2.05) is 12.1 Å². The number of hydrogen-bond donors (Lipinski definition) is 0. The topological polar surface area (TPSA) is 21.3 Å². The van der Waals surface area contributed by atoms with Crippen LogP contribution in [0.2, 0.25) is 0 Å². The second-order valence-corrected chi connectivity index (χ2v) is 16.1. The predicted octanol–water partition coefficient (Wildman–Crippen LogP) is 16.8. The number of aromatic nitrogens is 1. The average molecular weight is 805 g/mol. The van der Waals surface area contributed by atoms with E-state index >= 15 is 0 Å². The second kappa shape index (κ2) is 15.3. The summed E-state index contributed by atoms with van der Waals surface area (Å²) in [6.07, 6.45) is 0. The molecular weight excluding hydrogens is 765 g/mol. The lowest BCUT2D eigenvalue weighted by atomic mass is 9.97. The second-order valence-electron chi connectivity index (χ2n) is 16.1. The Morgan fingerprint density at radius 3 is 1.59 bits per heavy atom. The Bertz CT molecular complexity index is 3560. The highest BCUT2D eigenvalue weighted by Crippen LogP contribution is 2.43. The number of hydrogen-bond acceptors (Lipinski definition) is 2. The van der Waals surface area contributed by atoms with Gasteiger partial charge in [-0.2, -0.15) is 0 Å². The van der Waals surface area contributed by atoms with E-state index in [9.17, 15) is 0 Å². The Balaban J connectivity index is 0.933. The fourth-order valence-electron chi connectivity index (χ4n) is 9.37. The van der Waals surface area contributed by atoms with Gasteiger partial charge in [0.05, 0.1) is 16.7 Å². The number of anilines is 3. The lowest BCUT2D eigenvalue weighted by Gasteiger charge is -2.28. The van der Waals surface area contributed by atoms with Crippen molar-refractivity contribution in [1.29, 1.82) is 0 Å². The molecule has 0 aliphatic rings. The van der Waals surface area contributed by atoms with Crippen LogP contribution < -0.4 is 4.90 Å². The van der Waals surface area contributed by atoms with E-state index in [0.29, 0.717) is 0 Å². The van der Waals surface area contributed by atoms with Gasteiger partial charge in [0.2, 0.25) is 0 Å². The van der Waals surface area contributed by atoms with Crippen LogP contribution in [0.4, 0.5) is 17.1 Å². The minimum atomic E-state index is 0.901. The average Bonchev–Trinajstić information content (AvgIpc) is 3.90. The summed E-state index contributed by atoms with van der Waals surface area (Å²) in [5, 5.41) is 4.80. The maximum absolute atomic E-state index is 6.24. The van der Waals surface area contributed by atoms with Crippen LogP contribution in [0.15, 0.2) is 247 Å². The Morgan fingerprint density at radius 2 is 0.825 bits per heavy atom. The first-order chi connectivity index (χ1) is 31.2. The first-order valence-corrected chi connectivity index (χ1v) is 21.5. The first kappa shape index (κ1) is 36.5. The lowest BCUT2D eigenvalue weighted by Crippen LogP contribution is -2.11. The Morgan fingerprint density at radius 1 is 0.302 bits per heavy atom. The highest BCUT2D eigenvalue weighted by molar-refractivity contribution is 6.09. The molecule has 0 saturated carbocycles. The van der Waals surface area contributed by atoms with E-state index in [0.717, 1.165) is 72.5 Å². The van der Waals surface area contributed by atoms with E-state index in [1.165, 1.54) is 38.5 Å². The summed E-state index contributed by atoms with van der Waals surface area (Å²) in [6, 6.07) is 87.2. The van der Waals surface area contributed by atoms with E-state index in [1.54, 1.807) is 0 Å². The summed E-state index contributed by atoms with van der Waals surface area (Å²) in [7, 11) is 0. The maximum Gasteiger partial charge on any atom is 0.136 e. The summed E-state index contributed by atoms with van der Waals surface area (Å²) in [4.78, 5) is 2.39. The minimum Gasteiger partial charge on any atom is -0.456 e. The van der Waals surface area contributed by atoms with Crippen molar-refractivity contribution in [2.45, 2.75) is 0 Å². The molecule has 0 saturated heterocycles. The summed E-state index contributed by atoms with van der Waals surface area (Å²) in [5.74, 6) is 0. The molecule has 0 aliphatic carbocycles. The molecule has 0 unspecified atom stereocenters. The molecule has 3 heteroatoms. The van der Waals surface area contributed by atoms with Crippen LogP contribution in [0.25, 0.3) is 93.9 Å². The zero-order valence-corrected chi connectivity index (χ0v) is 34.4. The monoisotopic (exact) mass is 804 g/mol. The Labute approximate surface area is 366 Å². The SMILES string of the molecule is c1ccc(-c2cccc(N(c3ccc(-c4cccc(-n5c6ccccc6c6ccccc65)c4)cc3)c3ccccc3-c3ccc(-c4ccc5c(c4)oc4ccccc45)cc3)c2)cc1. The van der Waals surface area contributed by atoms with E-state index in [-0.39, 0.29) is 0 Å². The molecule has 2 heterocycles. The van der Waals surface area contributed by atoms with Crippen molar-refractivity contribution in [3.05, 3.63) is 243 Å². The van der Waals surface area contributed by atoms with Gasteiger partial charge in [0.1, 0.15) is 11.2 Å². The van der Waals surface area contributed by atoms with Crippen LogP contribution in [-0.2, 0) is 0 Å². The largest absolute Gasteiger partial charge is 0.456 e. The quantitative estimate of drug-likeness (QED) is 0.153. The molecule has 63 heavy (non-hydrogen) atoms. The van der Waals surface area contributed by atoms with Gasteiger partial charge in [-0.05, 0) is 112 Å². The summed E-state index contributed by atoms with van der Waals surface area (Å²) in [6.45, 7) is 0. The molecule has 0 atom stereocenters. The highest BCUT2D eigenvalue weighted by Gasteiger charge is 2.19. The molecule has 0 bridgehead atoms. The molecule has 10 aromatic carbocycles. The first-order valence-electron chi connectivity index (χ1n) is 21.5. The smallest absolute Gasteiger partial charge is 0.136 e. The summed E-state index contributed by atoms with van der Waals surface area (Å²) in [5.41, 5.74) is 17.8. The maximum atomic E-state index is 6.24. The Hall–Kier alpha value is -8.40. The van der Waals surface area contributed by atoms with Gasteiger partial charge in [-0.3, -0.25) is 0 Å². The third-order valence-electron chi connectivity index (χ3n) is 12.4. The lowest BCUT2D eigenvalue weighted by molar-refractivity contribution is 0.669. The fourth-order valence-corrected chi connectivity index (χ4v) is 9.37. The molecule has 0 spiro atoms. The predicted molar refractivity (Wildman–Crippen MR) is 264 cm³/mol. The summed E-state index contributed by atoms with van der Waals surface area (Å²) < 4.78 is 8.63. The normalized spacial score (nSPS) is 11.5. The van der Waals surface area contributed by atoms with Gasteiger partial charge < -0.3 is 13.9 Å². The van der Waals surface area contributed by atoms with Gasteiger partial charge in [0, 0.05) is 44.2 Å². The minimum absolute atomic E-state index is 0.901. The van der Waals surface area contributed by atoms with E-state index in [2.05, 4.69) is 240 Å². The van der Waals surface area contributed by atoms with Crippen LogP contribution >= 0.6 is 0 Å². The van der Waals surface area contributed by atoms with Crippen molar-refractivity contribution in [3.63, 3.8) is 0 Å². The third kappa shape index (κ3) is 6.46. The number of rotatable bonds is 8. The molecule has 0 amide bonds. The molecule has 0 aliphatic heterocycles. The number of furan rings is 1. The molecule has 2 aromatic heterocycles. The number of benzene rings is 10. The van der Waals surface area contributed by atoms with Gasteiger partial charge >= 0.3 is 0 Å². The van der Waals surface area contributed by atoms with Crippen molar-refractivity contribution in [2.24, 2.45) is 0 Å². The van der Waals surface area contributed by atoms with E-state index < -0.39 is 0 Å². The number of fused-ring (bicyclic) bond motifs is 6. The zero-order chi connectivity index (χ0) is 41.7. The van der Waals surface area contributed by atoms with Crippen LogP contribution in [-0.4, -0.2) is 4.57 Å². The molecule has 0 fully saturated rings. The van der Waals surface area contributed by atoms with Gasteiger partial charge in [-0.15, -0.1) is 0 Å². The third-order valence-corrected chi connectivity index (χ3v) is 12.4. The molecule has 3 nitrogen and oxygen atoms in total.